The normalized spacial score (nSPS) is 17.7. The maximum Gasteiger partial charge on any atom is 0.264 e. The number of nitrogens with zero attached hydrogens (tertiary/aromatic N) is 2. The summed E-state index contributed by atoms with van der Waals surface area (Å²) in [5.41, 5.74) is 0.744. The van der Waals surface area contributed by atoms with Crippen molar-refractivity contribution in [2.24, 2.45) is 0 Å². The molecular weight excluding hydrogens is 449 g/mol. The molecule has 5 rings (SSSR count). The second-order valence-electron chi connectivity index (χ2n) is 7.71. The Kier molecular flexibility index (Phi) is 5.01. The SMILES string of the molecule is O=C(CC1(O)C(=O)N(Cc2ccccc2Cl)c2ccc(Cl)cc21)c1nc2ccccc2[nH]1. The number of fused-ring (bicyclic) bond motifs is 2. The number of para-hydroxylation sites is 2. The molecule has 32 heavy (non-hydrogen) atoms. The summed E-state index contributed by atoms with van der Waals surface area (Å²) in [5.74, 6) is -1.01. The molecule has 4 aromatic rings. The number of hydrogen-bond acceptors (Lipinski definition) is 4. The molecule has 0 saturated carbocycles. The van der Waals surface area contributed by atoms with E-state index in [1.807, 2.05) is 24.3 Å². The van der Waals surface area contributed by atoms with Gasteiger partial charge >= 0.3 is 0 Å². The van der Waals surface area contributed by atoms with Gasteiger partial charge in [-0.05, 0) is 42.0 Å². The lowest BCUT2D eigenvalue weighted by molar-refractivity contribution is -0.136. The van der Waals surface area contributed by atoms with Gasteiger partial charge in [0.05, 0.1) is 29.7 Å². The maximum absolute atomic E-state index is 13.5. The fourth-order valence-corrected chi connectivity index (χ4v) is 4.42. The molecule has 8 heteroatoms. The lowest BCUT2D eigenvalue weighted by atomic mass is 9.89. The van der Waals surface area contributed by atoms with Gasteiger partial charge in [0.15, 0.2) is 11.4 Å². The van der Waals surface area contributed by atoms with Crippen LogP contribution in [0.2, 0.25) is 10.0 Å². The molecule has 1 aliphatic heterocycles. The van der Waals surface area contributed by atoms with Gasteiger partial charge in [-0.15, -0.1) is 0 Å². The van der Waals surface area contributed by atoms with E-state index < -0.39 is 23.7 Å². The number of halogens is 2. The number of nitrogens with one attached hydrogen (secondary N) is 1. The van der Waals surface area contributed by atoms with Crippen LogP contribution in [0.1, 0.15) is 28.2 Å². The molecule has 0 fully saturated rings. The van der Waals surface area contributed by atoms with Crippen LogP contribution in [-0.2, 0) is 16.9 Å². The Hall–Kier alpha value is -3.19. The van der Waals surface area contributed by atoms with Crippen molar-refractivity contribution in [3.8, 4) is 0 Å². The number of amides is 1. The smallest absolute Gasteiger partial charge is 0.264 e. The molecule has 2 N–H and O–H groups in total. The Morgan fingerprint density at radius 1 is 1.06 bits per heavy atom. The van der Waals surface area contributed by atoms with Crippen LogP contribution >= 0.6 is 23.2 Å². The van der Waals surface area contributed by atoms with Crippen molar-refractivity contribution in [1.29, 1.82) is 0 Å². The van der Waals surface area contributed by atoms with E-state index in [9.17, 15) is 14.7 Å². The number of benzene rings is 3. The van der Waals surface area contributed by atoms with Crippen LogP contribution in [-0.4, -0.2) is 26.8 Å². The van der Waals surface area contributed by atoms with Crippen LogP contribution in [0.15, 0.2) is 66.7 Å². The average Bonchev–Trinajstić information content (AvgIpc) is 3.30. The number of aromatic nitrogens is 2. The van der Waals surface area contributed by atoms with Crippen LogP contribution in [0.3, 0.4) is 0 Å². The minimum absolute atomic E-state index is 0.0838. The Bertz CT molecular complexity index is 1350. The van der Waals surface area contributed by atoms with E-state index in [0.29, 0.717) is 26.8 Å². The molecule has 0 aliphatic carbocycles. The molecule has 3 aromatic carbocycles. The Balaban J connectivity index is 1.52. The predicted molar refractivity (Wildman–Crippen MR) is 123 cm³/mol. The number of rotatable bonds is 5. The summed E-state index contributed by atoms with van der Waals surface area (Å²) in [6, 6.07) is 19.2. The number of Topliss-reactive ketones (excluding diaryl/α,β-unsaturated/α-hetero) is 1. The molecule has 1 amide bonds. The first-order valence-electron chi connectivity index (χ1n) is 9.92. The number of carbonyl (C=O) groups is 2. The summed E-state index contributed by atoms with van der Waals surface area (Å²) in [6.07, 6.45) is -0.474. The molecule has 1 aromatic heterocycles. The Morgan fingerprint density at radius 3 is 2.59 bits per heavy atom. The van der Waals surface area contributed by atoms with Gasteiger partial charge < -0.3 is 15.0 Å². The highest BCUT2D eigenvalue weighted by Gasteiger charge is 2.51. The standard InChI is InChI=1S/C24H17Cl2N3O3/c25-15-9-10-20-16(11-15)24(32,23(31)29(20)13-14-5-1-2-6-17(14)26)12-21(30)22-27-18-7-3-4-8-19(18)28-22/h1-11,32H,12-13H2,(H,27,28). The number of aliphatic hydroxyl groups is 1. The number of anilines is 1. The molecule has 2 heterocycles. The van der Waals surface area contributed by atoms with Crippen LogP contribution in [0.4, 0.5) is 5.69 Å². The molecule has 0 radical (unpaired) electrons. The van der Waals surface area contributed by atoms with E-state index >= 15 is 0 Å². The monoisotopic (exact) mass is 465 g/mol. The van der Waals surface area contributed by atoms with Crippen molar-refractivity contribution >= 4 is 51.6 Å². The summed E-state index contributed by atoms with van der Waals surface area (Å²) in [5, 5.41) is 12.4. The van der Waals surface area contributed by atoms with Gasteiger partial charge in [-0.1, -0.05) is 53.5 Å². The lowest BCUT2D eigenvalue weighted by Gasteiger charge is -2.22. The maximum atomic E-state index is 13.5. The Morgan fingerprint density at radius 2 is 1.81 bits per heavy atom. The van der Waals surface area contributed by atoms with Gasteiger partial charge in [-0.25, -0.2) is 4.98 Å². The first-order chi connectivity index (χ1) is 15.4. The molecule has 1 unspecified atom stereocenters. The number of H-pyrrole nitrogens is 1. The second-order valence-corrected chi connectivity index (χ2v) is 8.55. The third-order valence-electron chi connectivity index (χ3n) is 5.65. The highest BCUT2D eigenvalue weighted by Crippen LogP contribution is 2.45. The first-order valence-corrected chi connectivity index (χ1v) is 10.7. The lowest BCUT2D eigenvalue weighted by Crippen LogP contribution is -2.41. The van der Waals surface area contributed by atoms with Gasteiger partial charge in [-0.3, -0.25) is 9.59 Å². The van der Waals surface area contributed by atoms with E-state index in [1.54, 1.807) is 36.4 Å². The highest BCUT2D eigenvalue weighted by molar-refractivity contribution is 6.31. The molecule has 6 nitrogen and oxygen atoms in total. The number of hydrogen-bond donors (Lipinski definition) is 2. The average molecular weight is 466 g/mol. The van der Waals surface area contributed by atoms with Gasteiger partial charge in [0.1, 0.15) is 0 Å². The number of imidazole rings is 1. The van der Waals surface area contributed by atoms with Crippen molar-refractivity contribution in [1.82, 2.24) is 9.97 Å². The van der Waals surface area contributed by atoms with E-state index in [4.69, 9.17) is 23.2 Å². The van der Waals surface area contributed by atoms with Crippen molar-refractivity contribution < 1.29 is 14.7 Å². The number of ketones is 1. The van der Waals surface area contributed by atoms with Crippen LogP contribution in [0.5, 0.6) is 0 Å². The second kappa shape index (κ2) is 7.74. The first kappa shape index (κ1) is 20.7. The molecule has 0 bridgehead atoms. The predicted octanol–water partition coefficient (Wildman–Crippen LogP) is 4.88. The summed E-state index contributed by atoms with van der Waals surface area (Å²) < 4.78 is 0. The van der Waals surface area contributed by atoms with Crippen molar-refractivity contribution in [3.05, 3.63) is 93.7 Å². The topological polar surface area (TPSA) is 86.3 Å². The van der Waals surface area contributed by atoms with Gasteiger partial charge in [-0.2, -0.15) is 0 Å². The van der Waals surface area contributed by atoms with E-state index in [-0.39, 0.29) is 17.9 Å². The fraction of sp³-hybridized carbons (Fsp3) is 0.125. The number of carbonyl (C=O) groups excluding carboxylic acids is 2. The van der Waals surface area contributed by atoms with Crippen LogP contribution in [0, 0.1) is 0 Å². The van der Waals surface area contributed by atoms with E-state index in [2.05, 4.69) is 9.97 Å². The summed E-state index contributed by atoms with van der Waals surface area (Å²) in [6.45, 7) is 0.147. The van der Waals surface area contributed by atoms with Gasteiger partial charge in [0.25, 0.3) is 5.91 Å². The zero-order valence-corrected chi connectivity index (χ0v) is 18.2. The zero-order valence-electron chi connectivity index (χ0n) is 16.7. The summed E-state index contributed by atoms with van der Waals surface area (Å²) in [4.78, 5) is 35.2. The molecule has 1 atom stereocenters. The van der Waals surface area contributed by atoms with Crippen LogP contribution in [0.25, 0.3) is 11.0 Å². The molecule has 0 saturated heterocycles. The minimum atomic E-state index is -2.07. The van der Waals surface area contributed by atoms with Crippen molar-refractivity contribution in [2.75, 3.05) is 4.90 Å². The summed E-state index contributed by atoms with van der Waals surface area (Å²) >= 11 is 12.5. The molecule has 0 spiro atoms. The number of aromatic amines is 1. The molecule has 1 aliphatic rings. The highest BCUT2D eigenvalue weighted by atomic mass is 35.5. The van der Waals surface area contributed by atoms with E-state index in [1.165, 1.54) is 11.0 Å². The molecular formula is C24H17Cl2N3O3. The third-order valence-corrected chi connectivity index (χ3v) is 6.25. The Labute approximate surface area is 193 Å². The quantitative estimate of drug-likeness (QED) is 0.411. The minimum Gasteiger partial charge on any atom is -0.375 e. The van der Waals surface area contributed by atoms with Gasteiger partial charge in [0.2, 0.25) is 5.78 Å². The van der Waals surface area contributed by atoms with Gasteiger partial charge in [0, 0.05) is 15.6 Å². The van der Waals surface area contributed by atoms with Crippen LogP contribution < -0.4 is 4.90 Å². The third kappa shape index (κ3) is 3.37. The van der Waals surface area contributed by atoms with Crippen molar-refractivity contribution in [2.45, 2.75) is 18.6 Å². The van der Waals surface area contributed by atoms with Crippen molar-refractivity contribution in [3.63, 3.8) is 0 Å². The largest absolute Gasteiger partial charge is 0.375 e. The zero-order chi connectivity index (χ0) is 22.5. The fourth-order valence-electron chi connectivity index (χ4n) is 4.05. The summed E-state index contributed by atoms with van der Waals surface area (Å²) in [7, 11) is 0. The molecule has 160 valence electrons. The van der Waals surface area contributed by atoms with E-state index in [0.717, 1.165) is 5.56 Å².